The van der Waals surface area contributed by atoms with E-state index in [-0.39, 0.29) is 0 Å². The van der Waals surface area contributed by atoms with Crippen LogP contribution in [0.1, 0.15) is 0 Å². The molecule has 0 aliphatic rings. The van der Waals surface area contributed by atoms with Crippen LogP contribution in [0.15, 0.2) is 118 Å². The molecule has 0 aliphatic heterocycles. The van der Waals surface area contributed by atoms with E-state index in [4.69, 9.17) is 8.83 Å². The lowest BCUT2D eigenvalue weighted by atomic mass is 10.0. The lowest BCUT2D eigenvalue weighted by molar-refractivity contribution is 0.584. The molecular weight excluding hydrogens is 424 g/mol. The fraction of sp³-hybridized carbons (Fsp3) is 0. The lowest BCUT2D eigenvalue weighted by Gasteiger charge is -2.05. The monoisotopic (exact) mass is 442 g/mol. The molecule has 0 unspecified atom stereocenters. The van der Waals surface area contributed by atoms with Gasteiger partial charge in [-0.15, -0.1) is 20.4 Å². The van der Waals surface area contributed by atoms with E-state index in [0.29, 0.717) is 23.6 Å². The van der Waals surface area contributed by atoms with Crippen molar-refractivity contribution in [3.63, 3.8) is 0 Å². The van der Waals surface area contributed by atoms with Crippen molar-refractivity contribution in [3.05, 3.63) is 109 Å². The van der Waals surface area contributed by atoms with Crippen LogP contribution in [0.25, 0.3) is 56.9 Å². The highest BCUT2D eigenvalue weighted by atomic mass is 16.4. The standard InChI is InChI=1S/C28H18N4O2/c1-3-9-19(10-4-1)25-29-31-27(33-25)23-15-7-13-21(17-23)22-14-8-16-24(18-22)28-32-30-26(34-28)20-11-5-2-6-12-20/h1-18H. The Morgan fingerprint density at radius 2 is 0.647 bits per heavy atom. The minimum Gasteiger partial charge on any atom is -0.416 e. The van der Waals surface area contributed by atoms with Crippen LogP contribution in [0.3, 0.4) is 0 Å². The van der Waals surface area contributed by atoms with Gasteiger partial charge in [0.15, 0.2) is 0 Å². The molecule has 0 radical (unpaired) electrons. The van der Waals surface area contributed by atoms with E-state index in [0.717, 1.165) is 33.4 Å². The summed E-state index contributed by atoms with van der Waals surface area (Å²) in [6.07, 6.45) is 0. The van der Waals surface area contributed by atoms with Crippen LogP contribution in [0, 0.1) is 0 Å². The van der Waals surface area contributed by atoms with E-state index in [1.165, 1.54) is 0 Å². The first-order valence-electron chi connectivity index (χ1n) is 10.8. The molecule has 0 saturated heterocycles. The number of nitrogens with zero attached hydrogens (tertiary/aromatic N) is 4. The van der Waals surface area contributed by atoms with E-state index in [2.05, 4.69) is 20.4 Å². The number of rotatable bonds is 5. The minimum absolute atomic E-state index is 0.473. The fourth-order valence-corrected chi connectivity index (χ4v) is 3.74. The summed E-state index contributed by atoms with van der Waals surface area (Å²) in [6, 6.07) is 35.5. The third-order valence-corrected chi connectivity index (χ3v) is 5.44. The molecule has 0 N–H and O–H groups in total. The summed E-state index contributed by atoms with van der Waals surface area (Å²) in [4.78, 5) is 0. The largest absolute Gasteiger partial charge is 0.416 e. The first-order chi connectivity index (χ1) is 16.8. The predicted octanol–water partition coefficient (Wildman–Crippen LogP) is 6.79. The highest BCUT2D eigenvalue weighted by Gasteiger charge is 2.13. The van der Waals surface area contributed by atoms with Crippen molar-refractivity contribution in [1.29, 1.82) is 0 Å². The Morgan fingerprint density at radius 1 is 0.324 bits per heavy atom. The molecule has 4 aromatic carbocycles. The molecule has 0 aliphatic carbocycles. The highest BCUT2D eigenvalue weighted by Crippen LogP contribution is 2.31. The molecule has 6 aromatic rings. The molecule has 162 valence electrons. The molecular formula is C28H18N4O2. The van der Waals surface area contributed by atoms with E-state index in [9.17, 15) is 0 Å². The molecule has 0 bridgehead atoms. The van der Waals surface area contributed by atoms with Crippen LogP contribution in [-0.2, 0) is 0 Å². The second-order valence-electron chi connectivity index (χ2n) is 7.72. The average molecular weight is 442 g/mol. The van der Waals surface area contributed by atoms with Crippen molar-refractivity contribution in [3.8, 4) is 56.9 Å². The van der Waals surface area contributed by atoms with Crippen LogP contribution >= 0.6 is 0 Å². The first-order valence-corrected chi connectivity index (χ1v) is 10.8. The van der Waals surface area contributed by atoms with Crippen molar-refractivity contribution < 1.29 is 8.83 Å². The van der Waals surface area contributed by atoms with Crippen molar-refractivity contribution in [2.75, 3.05) is 0 Å². The van der Waals surface area contributed by atoms with Crippen molar-refractivity contribution in [1.82, 2.24) is 20.4 Å². The van der Waals surface area contributed by atoms with Gasteiger partial charge in [0, 0.05) is 22.3 Å². The van der Waals surface area contributed by atoms with Crippen LogP contribution < -0.4 is 0 Å². The second-order valence-corrected chi connectivity index (χ2v) is 7.72. The molecule has 0 amide bonds. The summed E-state index contributed by atoms with van der Waals surface area (Å²) < 4.78 is 11.9. The van der Waals surface area contributed by atoms with E-state index < -0.39 is 0 Å². The van der Waals surface area contributed by atoms with E-state index >= 15 is 0 Å². The van der Waals surface area contributed by atoms with Crippen molar-refractivity contribution in [2.24, 2.45) is 0 Å². The van der Waals surface area contributed by atoms with E-state index in [1.807, 2.05) is 109 Å². The zero-order valence-electron chi connectivity index (χ0n) is 18.0. The molecule has 2 heterocycles. The Balaban J connectivity index is 1.30. The Labute approximate surface area is 195 Å². The van der Waals surface area contributed by atoms with Crippen LogP contribution in [0.5, 0.6) is 0 Å². The van der Waals surface area contributed by atoms with Crippen molar-refractivity contribution >= 4 is 0 Å². The summed E-state index contributed by atoms with van der Waals surface area (Å²) in [5.41, 5.74) is 5.51. The SMILES string of the molecule is c1ccc(-c2nnc(-c3cccc(-c4cccc(-c5nnc(-c6ccccc6)o5)c4)c3)o2)cc1. The molecule has 0 saturated carbocycles. The summed E-state index contributed by atoms with van der Waals surface area (Å²) in [6.45, 7) is 0. The first kappa shape index (κ1) is 19.8. The molecule has 0 fully saturated rings. The zero-order valence-corrected chi connectivity index (χ0v) is 18.0. The maximum Gasteiger partial charge on any atom is 0.248 e. The summed E-state index contributed by atoms with van der Waals surface area (Å²) >= 11 is 0. The molecule has 6 rings (SSSR count). The van der Waals surface area contributed by atoms with Crippen molar-refractivity contribution in [2.45, 2.75) is 0 Å². The average Bonchev–Trinajstić information content (AvgIpc) is 3.61. The van der Waals surface area contributed by atoms with Gasteiger partial charge >= 0.3 is 0 Å². The molecule has 6 nitrogen and oxygen atoms in total. The quantitative estimate of drug-likeness (QED) is 0.293. The smallest absolute Gasteiger partial charge is 0.248 e. The van der Waals surface area contributed by atoms with Gasteiger partial charge in [-0.25, -0.2) is 0 Å². The van der Waals surface area contributed by atoms with Gasteiger partial charge in [-0.1, -0.05) is 60.7 Å². The summed E-state index contributed by atoms with van der Waals surface area (Å²) in [5, 5.41) is 16.9. The maximum atomic E-state index is 5.93. The van der Waals surface area contributed by atoms with Gasteiger partial charge in [0.25, 0.3) is 0 Å². The normalized spacial score (nSPS) is 10.9. The van der Waals surface area contributed by atoms with Gasteiger partial charge in [0.1, 0.15) is 0 Å². The third kappa shape index (κ3) is 3.89. The molecule has 2 aromatic heterocycles. The Morgan fingerprint density at radius 3 is 1.06 bits per heavy atom. The van der Waals surface area contributed by atoms with Crippen LogP contribution in [0.2, 0.25) is 0 Å². The fourth-order valence-electron chi connectivity index (χ4n) is 3.74. The molecule has 6 heteroatoms. The van der Waals surface area contributed by atoms with Crippen LogP contribution in [0.4, 0.5) is 0 Å². The molecule has 0 atom stereocenters. The van der Waals surface area contributed by atoms with Crippen LogP contribution in [-0.4, -0.2) is 20.4 Å². The zero-order chi connectivity index (χ0) is 22.7. The number of aromatic nitrogens is 4. The topological polar surface area (TPSA) is 77.8 Å². The number of hydrogen-bond acceptors (Lipinski definition) is 6. The van der Waals surface area contributed by atoms with Gasteiger partial charge in [0.2, 0.25) is 23.6 Å². The van der Waals surface area contributed by atoms with Gasteiger partial charge < -0.3 is 8.83 Å². The maximum absolute atomic E-state index is 5.93. The van der Waals surface area contributed by atoms with E-state index in [1.54, 1.807) is 0 Å². The van der Waals surface area contributed by atoms with Gasteiger partial charge in [-0.3, -0.25) is 0 Å². The minimum atomic E-state index is 0.473. The lowest BCUT2D eigenvalue weighted by Crippen LogP contribution is -1.84. The number of benzene rings is 4. The summed E-state index contributed by atoms with van der Waals surface area (Å²) in [7, 11) is 0. The van der Waals surface area contributed by atoms with Gasteiger partial charge in [-0.05, 0) is 59.7 Å². The third-order valence-electron chi connectivity index (χ3n) is 5.44. The molecule has 0 spiro atoms. The Hall–Kier alpha value is -4.84. The summed E-state index contributed by atoms with van der Waals surface area (Å²) in [5.74, 6) is 1.93. The van der Waals surface area contributed by atoms with Gasteiger partial charge in [0.05, 0.1) is 0 Å². The Kier molecular flexibility index (Phi) is 5.01. The second kappa shape index (κ2) is 8.60. The highest BCUT2D eigenvalue weighted by molar-refractivity contribution is 5.73. The molecule has 34 heavy (non-hydrogen) atoms. The number of hydrogen-bond donors (Lipinski definition) is 0. The Bertz CT molecular complexity index is 1440. The predicted molar refractivity (Wildman–Crippen MR) is 129 cm³/mol. The van der Waals surface area contributed by atoms with Gasteiger partial charge in [-0.2, -0.15) is 0 Å².